The summed E-state index contributed by atoms with van der Waals surface area (Å²) in [5.74, 6) is -0.623. The lowest BCUT2D eigenvalue weighted by Crippen LogP contribution is -2.39. The highest BCUT2D eigenvalue weighted by Gasteiger charge is 2.26. The summed E-state index contributed by atoms with van der Waals surface area (Å²) < 4.78 is 1.57. The molecule has 1 aliphatic rings. The van der Waals surface area contributed by atoms with E-state index in [9.17, 15) is 14.7 Å². The van der Waals surface area contributed by atoms with E-state index < -0.39 is 0 Å². The van der Waals surface area contributed by atoms with E-state index in [0.717, 1.165) is 18.4 Å². The normalized spacial score (nSPS) is 20.4. The van der Waals surface area contributed by atoms with Crippen LogP contribution in [0.25, 0.3) is 0 Å². The van der Waals surface area contributed by atoms with Crippen molar-refractivity contribution in [1.82, 2.24) is 20.4 Å². The molecule has 1 heterocycles. The fourth-order valence-electron chi connectivity index (χ4n) is 3.46. The molecule has 0 bridgehead atoms. The van der Waals surface area contributed by atoms with Crippen LogP contribution in [0.3, 0.4) is 0 Å². The molecular weight excluding hydrogens is 380 g/mol. The molecule has 1 atom stereocenters. The zero-order chi connectivity index (χ0) is 20.3. The molecule has 1 aromatic carbocycles. The van der Waals surface area contributed by atoms with Crippen LogP contribution >= 0.6 is 11.6 Å². The van der Waals surface area contributed by atoms with Crippen molar-refractivity contribution in [2.45, 2.75) is 50.8 Å². The van der Waals surface area contributed by atoms with E-state index in [2.05, 4.69) is 15.7 Å². The second kappa shape index (κ2) is 8.75. The lowest BCUT2D eigenvalue weighted by molar-refractivity contribution is 0.0856. The van der Waals surface area contributed by atoms with Gasteiger partial charge in [0.25, 0.3) is 11.8 Å². The number of nitrogens with zero attached hydrogens (tertiary/aromatic N) is 2. The summed E-state index contributed by atoms with van der Waals surface area (Å²) in [5, 5.41) is 20.2. The van der Waals surface area contributed by atoms with Gasteiger partial charge >= 0.3 is 0 Å². The highest BCUT2D eigenvalue weighted by molar-refractivity contribution is 6.30. The van der Waals surface area contributed by atoms with E-state index in [0.29, 0.717) is 23.6 Å². The Morgan fingerprint density at radius 2 is 1.82 bits per heavy atom. The van der Waals surface area contributed by atoms with Gasteiger partial charge in [0.2, 0.25) is 0 Å². The second-order valence-electron chi connectivity index (χ2n) is 7.14. The third-order valence-electron chi connectivity index (χ3n) is 5.18. The number of carbonyl (C=O) groups is 2. The van der Waals surface area contributed by atoms with Gasteiger partial charge in [-0.3, -0.25) is 14.3 Å². The van der Waals surface area contributed by atoms with E-state index in [1.807, 2.05) is 19.1 Å². The van der Waals surface area contributed by atoms with E-state index in [4.69, 9.17) is 11.6 Å². The molecule has 3 N–H and O–H groups in total. The van der Waals surface area contributed by atoms with Gasteiger partial charge in [-0.25, -0.2) is 0 Å². The molecule has 0 saturated heterocycles. The summed E-state index contributed by atoms with van der Waals surface area (Å²) in [6.45, 7) is 1.91. The largest absolute Gasteiger partial charge is 0.393 e. The van der Waals surface area contributed by atoms with Crippen molar-refractivity contribution in [3.05, 3.63) is 52.3 Å². The van der Waals surface area contributed by atoms with Crippen molar-refractivity contribution in [1.29, 1.82) is 0 Å². The quantitative estimate of drug-likeness (QED) is 0.713. The minimum absolute atomic E-state index is 0.00791. The Balaban J connectivity index is 1.87. The molecule has 1 fully saturated rings. The average Bonchev–Trinajstić information content (AvgIpc) is 3.15. The van der Waals surface area contributed by atoms with Crippen molar-refractivity contribution in [3.8, 4) is 0 Å². The molecule has 150 valence electrons. The Morgan fingerprint density at radius 3 is 2.43 bits per heavy atom. The van der Waals surface area contributed by atoms with E-state index in [1.165, 1.54) is 13.1 Å². The zero-order valence-electron chi connectivity index (χ0n) is 16.0. The number of rotatable bonds is 5. The van der Waals surface area contributed by atoms with Crippen LogP contribution in [0.1, 0.15) is 65.2 Å². The highest BCUT2D eigenvalue weighted by atomic mass is 35.5. The molecule has 7 nitrogen and oxygen atoms in total. The third kappa shape index (κ3) is 4.54. The van der Waals surface area contributed by atoms with Gasteiger partial charge in [0, 0.05) is 24.2 Å². The molecule has 2 amide bonds. The van der Waals surface area contributed by atoms with Crippen LogP contribution in [0.4, 0.5) is 0 Å². The van der Waals surface area contributed by atoms with Crippen LogP contribution in [0.2, 0.25) is 5.02 Å². The Hall–Kier alpha value is -2.38. The monoisotopic (exact) mass is 404 g/mol. The van der Waals surface area contributed by atoms with Crippen molar-refractivity contribution in [2.75, 3.05) is 7.05 Å². The number of aliphatic hydroxyl groups excluding tert-OH is 1. The molecule has 1 saturated carbocycles. The summed E-state index contributed by atoms with van der Waals surface area (Å²) in [6, 6.07) is 8.57. The van der Waals surface area contributed by atoms with Crippen LogP contribution in [0.5, 0.6) is 0 Å². The summed E-state index contributed by atoms with van der Waals surface area (Å²) >= 11 is 5.97. The fraction of sp³-hybridized carbons (Fsp3) is 0.450. The van der Waals surface area contributed by atoms with Gasteiger partial charge in [0.15, 0.2) is 5.69 Å². The van der Waals surface area contributed by atoms with Crippen molar-refractivity contribution >= 4 is 23.4 Å². The summed E-state index contributed by atoms with van der Waals surface area (Å²) in [7, 11) is 1.52. The molecule has 1 aromatic heterocycles. The van der Waals surface area contributed by atoms with Gasteiger partial charge in [-0.2, -0.15) is 5.10 Å². The van der Waals surface area contributed by atoms with E-state index in [-0.39, 0.29) is 35.7 Å². The molecule has 0 unspecified atom stereocenters. The molecular formula is C20H25ClN4O3. The number of aliphatic hydroxyl groups is 1. The summed E-state index contributed by atoms with van der Waals surface area (Å²) in [4.78, 5) is 25.0. The van der Waals surface area contributed by atoms with Crippen molar-refractivity contribution in [2.24, 2.45) is 0 Å². The van der Waals surface area contributed by atoms with Crippen molar-refractivity contribution in [3.63, 3.8) is 0 Å². The Labute approximate surface area is 169 Å². The maximum absolute atomic E-state index is 12.9. The van der Waals surface area contributed by atoms with Gasteiger partial charge in [-0.15, -0.1) is 0 Å². The molecule has 0 spiro atoms. The number of hydrogen-bond donors (Lipinski definition) is 3. The van der Waals surface area contributed by atoms with Crippen molar-refractivity contribution < 1.29 is 14.7 Å². The van der Waals surface area contributed by atoms with Crippen LogP contribution in [-0.2, 0) is 0 Å². The average molecular weight is 405 g/mol. The van der Waals surface area contributed by atoms with Gasteiger partial charge in [0.05, 0.1) is 12.1 Å². The topological polar surface area (TPSA) is 96.3 Å². The van der Waals surface area contributed by atoms with Crippen LogP contribution in [0.15, 0.2) is 30.3 Å². The summed E-state index contributed by atoms with van der Waals surface area (Å²) in [6.07, 6.45) is 2.53. The molecule has 0 radical (unpaired) electrons. The van der Waals surface area contributed by atoms with E-state index >= 15 is 0 Å². The van der Waals surface area contributed by atoms with Crippen LogP contribution in [-0.4, -0.2) is 45.9 Å². The van der Waals surface area contributed by atoms with Gasteiger partial charge in [-0.1, -0.05) is 23.7 Å². The number of hydrogen-bond acceptors (Lipinski definition) is 4. The number of aromatic nitrogens is 2. The fourth-order valence-corrected chi connectivity index (χ4v) is 3.59. The first kappa shape index (κ1) is 20.4. The smallest absolute Gasteiger partial charge is 0.271 e. The van der Waals surface area contributed by atoms with Crippen LogP contribution in [0, 0.1) is 0 Å². The standard InChI is InChI=1S/C20H25ClN4O3/c1-12(13-3-5-14(21)6-4-13)25-18(11-17(24-25)19(27)22-2)20(28)23-15-7-9-16(26)10-8-15/h3-6,11-12,15-16,26H,7-10H2,1-2H3,(H,22,27)(H,23,28)/t12-,15-,16-/m0/s1. The van der Waals surface area contributed by atoms with Gasteiger partial charge in [0.1, 0.15) is 5.69 Å². The third-order valence-corrected chi connectivity index (χ3v) is 5.43. The maximum atomic E-state index is 12.9. The van der Waals surface area contributed by atoms with Crippen LogP contribution < -0.4 is 10.6 Å². The number of amides is 2. The Bertz CT molecular complexity index is 842. The first-order chi connectivity index (χ1) is 13.4. The molecule has 1 aliphatic carbocycles. The molecule has 8 heteroatoms. The molecule has 0 aliphatic heterocycles. The zero-order valence-corrected chi connectivity index (χ0v) is 16.7. The van der Waals surface area contributed by atoms with Gasteiger partial charge in [-0.05, 0) is 50.3 Å². The highest BCUT2D eigenvalue weighted by Crippen LogP contribution is 2.23. The molecule has 2 aromatic rings. The number of nitrogens with one attached hydrogen (secondary N) is 2. The second-order valence-corrected chi connectivity index (χ2v) is 7.58. The SMILES string of the molecule is CNC(=O)c1cc(C(=O)N[C@H]2CC[C@H](O)CC2)n([C@@H](C)c2ccc(Cl)cc2)n1. The number of benzene rings is 1. The van der Waals surface area contributed by atoms with E-state index in [1.54, 1.807) is 16.8 Å². The van der Waals surface area contributed by atoms with Gasteiger partial charge < -0.3 is 15.7 Å². The maximum Gasteiger partial charge on any atom is 0.271 e. The Morgan fingerprint density at radius 1 is 1.18 bits per heavy atom. The minimum Gasteiger partial charge on any atom is -0.393 e. The first-order valence-corrected chi connectivity index (χ1v) is 9.83. The number of halogens is 1. The first-order valence-electron chi connectivity index (χ1n) is 9.45. The lowest BCUT2D eigenvalue weighted by Gasteiger charge is -2.26. The number of carbonyl (C=O) groups excluding carboxylic acids is 2. The lowest BCUT2D eigenvalue weighted by atomic mass is 9.93. The summed E-state index contributed by atoms with van der Waals surface area (Å²) in [5.41, 5.74) is 1.44. The predicted octanol–water partition coefficient (Wildman–Crippen LogP) is 2.54. The molecule has 28 heavy (non-hydrogen) atoms. The predicted molar refractivity (Wildman–Crippen MR) is 107 cm³/mol. The molecule has 3 rings (SSSR count). The minimum atomic E-state index is -0.350. The Kier molecular flexibility index (Phi) is 6.36.